The quantitative estimate of drug-likeness (QED) is 0.718. The van der Waals surface area contributed by atoms with Crippen LogP contribution < -0.4 is 11.1 Å². The molecular formula is C20H35ClN4O2. The molecule has 0 radical (unpaired) electrons. The summed E-state index contributed by atoms with van der Waals surface area (Å²) in [5.41, 5.74) is 6.92. The largest absolute Gasteiger partial charge is 0.381 e. The highest BCUT2D eigenvalue weighted by Crippen LogP contribution is 2.43. The van der Waals surface area contributed by atoms with Crippen molar-refractivity contribution in [2.75, 3.05) is 25.1 Å². The van der Waals surface area contributed by atoms with E-state index in [-0.39, 0.29) is 18.3 Å². The molecule has 1 aliphatic heterocycles. The monoisotopic (exact) mass is 398 g/mol. The molecular weight excluding hydrogens is 364 g/mol. The third kappa shape index (κ3) is 5.04. The van der Waals surface area contributed by atoms with Crippen LogP contribution in [0.5, 0.6) is 0 Å². The average molecular weight is 399 g/mol. The fourth-order valence-corrected chi connectivity index (χ4v) is 4.42. The Morgan fingerprint density at radius 3 is 2.48 bits per heavy atom. The number of carbonyl (C=O) groups is 1. The summed E-state index contributed by atoms with van der Waals surface area (Å²) < 4.78 is 5.39. The maximum absolute atomic E-state index is 12.8. The number of rotatable bonds is 4. The first kappa shape index (κ1) is 22.2. The predicted octanol–water partition coefficient (Wildman–Crippen LogP) is 3.85. The Morgan fingerprint density at radius 2 is 1.93 bits per heavy atom. The van der Waals surface area contributed by atoms with Crippen molar-refractivity contribution < 1.29 is 9.53 Å². The molecule has 27 heavy (non-hydrogen) atoms. The topological polar surface area (TPSA) is 93.0 Å². The van der Waals surface area contributed by atoms with Crippen LogP contribution in [0.2, 0.25) is 0 Å². The highest BCUT2D eigenvalue weighted by Gasteiger charge is 2.39. The van der Waals surface area contributed by atoms with Crippen molar-refractivity contribution in [2.45, 2.75) is 65.2 Å². The Hall–Kier alpha value is -1.11. The van der Waals surface area contributed by atoms with E-state index in [1.165, 1.54) is 25.7 Å². The van der Waals surface area contributed by atoms with Crippen LogP contribution in [0.1, 0.15) is 70.9 Å². The van der Waals surface area contributed by atoms with Crippen LogP contribution >= 0.6 is 12.4 Å². The van der Waals surface area contributed by atoms with Crippen LogP contribution in [0.25, 0.3) is 0 Å². The molecule has 0 bridgehead atoms. The maximum atomic E-state index is 12.8. The first-order valence-electron chi connectivity index (χ1n) is 9.99. The van der Waals surface area contributed by atoms with Crippen LogP contribution in [-0.2, 0) is 9.53 Å². The Bertz CT molecular complexity index is 612. The molecule has 1 aromatic rings. The van der Waals surface area contributed by atoms with Gasteiger partial charge < -0.3 is 15.8 Å². The van der Waals surface area contributed by atoms with E-state index in [0.717, 1.165) is 11.6 Å². The minimum Gasteiger partial charge on any atom is -0.381 e. The van der Waals surface area contributed by atoms with Gasteiger partial charge in [0.2, 0.25) is 5.91 Å². The van der Waals surface area contributed by atoms with Gasteiger partial charge in [0, 0.05) is 37.4 Å². The van der Waals surface area contributed by atoms with Crippen LogP contribution in [0.4, 0.5) is 5.82 Å². The smallest absolute Gasteiger partial charge is 0.233 e. The third-order valence-corrected chi connectivity index (χ3v) is 6.55. The van der Waals surface area contributed by atoms with E-state index < -0.39 is 5.41 Å². The summed E-state index contributed by atoms with van der Waals surface area (Å²) in [6, 6.07) is 2.00. The lowest BCUT2D eigenvalue weighted by Crippen LogP contribution is -2.46. The van der Waals surface area contributed by atoms with Crippen molar-refractivity contribution in [3.63, 3.8) is 0 Å². The summed E-state index contributed by atoms with van der Waals surface area (Å²) in [5, 5.41) is 10.5. The number of hydrogen-bond acceptors (Lipinski definition) is 4. The van der Waals surface area contributed by atoms with Crippen LogP contribution in [0, 0.1) is 16.7 Å². The SMILES string of the molecule is CC(C)(C)C1CCC(c2cc(NC(=O)C3(CN)CCOCC3)n[nH]2)CC1.Cl. The van der Waals surface area contributed by atoms with E-state index in [9.17, 15) is 4.79 Å². The molecule has 4 N–H and O–H groups in total. The zero-order chi connectivity index (χ0) is 18.8. The van der Waals surface area contributed by atoms with Crippen molar-refractivity contribution >= 4 is 24.1 Å². The molecule has 154 valence electrons. The molecule has 0 aromatic carbocycles. The zero-order valence-electron chi connectivity index (χ0n) is 16.8. The van der Waals surface area contributed by atoms with Gasteiger partial charge in [0.15, 0.2) is 5.82 Å². The lowest BCUT2D eigenvalue weighted by Gasteiger charge is -2.36. The van der Waals surface area contributed by atoms with Crippen molar-refractivity contribution in [1.82, 2.24) is 10.2 Å². The molecule has 7 heteroatoms. The number of halogens is 1. The van der Waals surface area contributed by atoms with E-state index in [4.69, 9.17) is 10.5 Å². The zero-order valence-corrected chi connectivity index (χ0v) is 17.7. The van der Waals surface area contributed by atoms with E-state index in [1.807, 2.05) is 6.07 Å². The van der Waals surface area contributed by atoms with Gasteiger partial charge in [-0.05, 0) is 49.9 Å². The number of nitrogens with zero attached hydrogens (tertiary/aromatic N) is 1. The van der Waals surface area contributed by atoms with E-state index in [2.05, 4.69) is 36.3 Å². The van der Waals surface area contributed by atoms with Crippen molar-refractivity contribution in [3.05, 3.63) is 11.8 Å². The number of ether oxygens (including phenoxy) is 1. The number of amides is 1. The Morgan fingerprint density at radius 1 is 1.30 bits per heavy atom. The second kappa shape index (κ2) is 8.93. The fourth-order valence-electron chi connectivity index (χ4n) is 4.42. The summed E-state index contributed by atoms with van der Waals surface area (Å²) in [6.45, 7) is 8.54. The second-order valence-electron chi connectivity index (χ2n) is 9.17. The normalized spacial score (nSPS) is 25.5. The molecule has 3 rings (SSSR count). The van der Waals surface area contributed by atoms with Gasteiger partial charge in [0.1, 0.15) is 0 Å². The van der Waals surface area contributed by atoms with Gasteiger partial charge in [-0.2, -0.15) is 5.10 Å². The highest BCUT2D eigenvalue weighted by molar-refractivity contribution is 5.94. The van der Waals surface area contributed by atoms with E-state index in [0.29, 0.717) is 49.8 Å². The highest BCUT2D eigenvalue weighted by atomic mass is 35.5. The van der Waals surface area contributed by atoms with Gasteiger partial charge in [0.25, 0.3) is 0 Å². The third-order valence-electron chi connectivity index (χ3n) is 6.55. The number of anilines is 1. The molecule has 2 heterocycles. The van der Waals surface area contributed by atoms with E-state index in [1.54, 1.807) is 0 Å². The molecule has 1 aliphatic carbocycles. The lowest BCUT2D eigenvalue weighted by molar-refractivity contribution is -0.130. The van der Waals surface area contributed by atoms with Crippen molar-refractivity contribution in [3.8, 4) is 0 Å². The molecule has 2 fully saturated rings. The fraction of sp³-hybridized carbons (Fsp3) is 0.800. The van der Waals surface area contributed by atoms with Gasteiger partial charge in [0.05, 0.1) is 5.41 Å². The summed E-state index contributed by atoms with van der Waals surface area (Å²) in [6.07, 6.45) is 6.21. The minimum absolute atomic E-state index is 0. The van der Waals surface area contributed by atoms with Crippen LogP contribution in [-0.4, -0.2) is 35.9 Å². The van der Waals surface area contributed by atoms with Gasteiger partial charge in [-0.15, -0.1) is 12.4 Å². The number of aromatic nitrogens is 2. The number of nitrogens with one attached hydrogen (secondary N) is 2. The molecule has 1 saturated carbocycles. The van der Waals surface area contributed by atoms with Gasteiger partial charge >= 0.3 is 0 Å². The first-order chi connectivity index (χ1) is 12.3. The number of H-pyrrole nitrogens is 1. The minimum atomic E-state index is -0.526. The van der Waals surface area contributed by atoms with Gasteiger partial charge in [-0.3, -0.25) is 9.89 Å². The molecule has 1 saturated heterocycles. The van der Waals surface area contributed by atoms with Gasteiger partial charge in [-0.25, -0.2) is 0 Å². The molecule has 0 unspecified atom stereocenters. The Kier molecular flexibility index (Phi) is 7.33. The maximum Gasteiger partial charge on any atom is 0.233 e. The second-order valence-corrected chi connectivity index (χ2v) is 9.17. The summed E-state index contributed by atoms with van der Waals surface area (Å²) in [7, 11) is 0. The predicted molar refractivity (Wildman–Crippen MR) is 110 cm³/mol. The first-order valence-corrected chi connectivity index (χ1v) is 9.99. The summed E-state index contributed by atoms with van der Waals surface area (Å²) in [5.74, 6) is 1.89. The molecule has 0 spiro atoms. The number of carbonyl (C=O) groups excluding carboxylic acids is 1. The van der Waals surface area contributed by atoms with Crippen LogP contribution in [0.3, 0.4) is 0 Å². The van der Waals surface area contributed by atoms with Crippen molar-refractivity contribution in [1.29, 1.82) is 0 Å². The molecule has 0 atom stereocenters. The number of aromatic amines is 1. The standard InChI is InChI=1S/C20H34N4O2.ClH/c1-19(2,3)15-6-4-14(5-7-15)16-12-17(24-23-16)22-18(25)20(13-21)8-10-26-11-9-20;/h12,14-15H,4-11,13,21H2,1-3H3,(H2,22,23,24,25);1H. The average Bonchev–Trinajstić information content (AvgIpc) is 3.10. The lowest BCUT2D eigenvalue weighted by atomic mass is 9.69. The summed E-state index contributed by atoms with van der Waals surface area (Å²) >= 11 is 0. The summed E-state index contributed by atoms with van der Waals surface area (Å²) in [4.78, 5) is 12.8. The number of nitrogens with two attached hydrogens (primary N) is 1. The Balaban J connectivity index is 0.00000261. The molecule has 1 amide bonds. The van der Waals surface area contributed by atoms with Crippen molar-refractivity contribution in [2.24, 2.45) is 22.5 Å². The van der Waals surface area contributed by atoms with Gasteiger partial charge in [-0.1, -0.05) is 20.8 Å². The molecule has 1 aromatic heterocycles. The number of hydrogen-bond donors (Lipinski definition) is 3. The molecule has 6 nitrogen and oxygen atoms in total. The Labute approximate surface area is 168 Å². The van der Waals surface area contributed by atoms with Crippen LogP contribution in [0.15, 0.2) is 6.07 Å². The molecule has 2 aliphatic rings. The van der Waals surface area contributed by atoms with E-state index >= 15 is 0 Å².